The summed E-state index contributed by atoms with van der Waals surface area (Å²) in [7, 11) is 1.86. The molecule has 4 N–H and O–H groups in total. The van der Waals surface area contributed by atoms with Crippen LogP contribution in [0.4, 0.5) is 0 Å². The molecular formula is C19H16N3O2+. The zero-order chi connectivity index (χ0) is 16.8. The summed E-state index contributed by atoms with van der Waals surface area (Å²) >= 11 is 0. The van der Waals surface area contributed by atoms with Gasteiger partial charge in [0.1, 0.15) is 11.3 Å². The number of carbonyl (C=O) groups is 1. The van der Waals surface area contributed by atoms with Gasteiger partial charge in [-0.2, -0.15) is 0 Å². The number of furan rings is 1. The van der Waals surface area contributed by atoms with Crippen molar-refractivity contribution >= 4 is 33.5 Å². The summed E-state index contributed by atoms with van der Waals surface area (Å²) in [4.78, 5) is 12.1. The number of para-hydroxylation sites is 2. The van der Waals surface area contributed by atoms with E-state index in [-0.39, 0.29) is 0 Å². The van der Waals surface area contributed by atoms with E-state index in [0.29, 0.717) is 22.7 Å². The van der Waals surface area contributed by atoms with Crippen LogP contribution in [0, 0.1) is 0 Å². The molecule has 1 amide bonds. The first-order valence-corrected chi connectivity index (χ1v) is 7.57. The number of nitrogens with two attached hydrogens (primary N) is 2. The van der Waals surface area contributed by atoms with Crippen molar-refractivity contribution in [1.29, 1.82) is 0 Å². The van der Waals surface area contributed by atoms with Crippen molar-refractivity contribution in [2.45, 2.75) is 0 Å². The number of fused-ring (bicyclic) bond motifs is 2. The van der Waals surface area contributed by atoms with Crippen molar-refractivity contribution in [3.63, 3.8) is 0 Å². The fourth-order valence-corrected chi connectivity index (χ4v) is 3.19. The van der Waals surface area contributed by atoms with E-state index in [2.05, 4.69) is 0 Å². The average molecular weight is 318 g/mol. The molecule has 0 fully saturated rings. The minimum absolute atomic E-state index is 0.388. The number of hydrogen-bond acceptors (Lipinski definition) is 2. The van der Waals surface area contributed by atoms with E-state index in [1.807, 2.05) is 66.2 Å². The highest BCUT2D eigenvalue weighted by Crippen LogP contribution is 2.28. The van der Waals surface area contributed by atoms with Gasteiger partial charge in [-0.15, -0.1) is 0 Å². The molecule has 0 radical (unpaired) electrons. The van der Waals surface area contributed by atoms with Crippen LogP contribution in [-0.4, -0.2) is 16.2 Å². The average Bonchev–Trinajstić information content (AvgIpc) is 3.14. The van der Waals surface area contributed by atoms with Gasteiger partial charge in [-0.1, -0.05) is 36.4 Å². The Morgan fingerprint density at radius 3 is 2.58 bits per heavy atom. The summed E-state index contributed by atoms with van der Waals surface area (Å²) in [5, 5.41) is 8.11. The lowest BCUT2D eigenvalue weighted by Crippen LogP contribution is -2.43. The molecule has 0 bridgehead atoms. The Kier molecular flexibility index (Phi) is 3.03. The maximum Gasteiger partial charge on any atom is 0.264 e. The first-order valence-electron chi connectivity index (χ1n) is 7.57. The second kappa shape index (κ2) is 5.09. The van der Waals surface area contributed by atoms with Gasteiger partial charge in [0.05, 0.1) is 5.56 Å². The second-order valence-electron chi connectivity index (χ2n) is 5.73. The Bertz CT molecular complexity index is 1090. The Morgan fingerprint density at radius 2 is 1.83 bits per heavy atom. The number of amides is 1. The van der Waals surface area contributed by atoms with Crippen LogP contribution in [0.2, 0.25) is 0 Å². The molecule has 2 heterocycles. The third-order valence-corrected chi connectivity index (χ3v) is 4.30. The fraction of sp³-hybridized carbons (Fsp3) is 0.0526. The molecular weight excluding hydrogens is 302 g/mol. The molecule has 24 heavy (non-hydrogen) atoms. The first-order chi connectivity index (χ1) is 11.6. The molecule has 0 aliphatic carbocycles. The largest absolute Gasteiger partial charge is 0.450 e. The van der Waals surface area contributed by atoms with Gasteiger partial charge in [0.2, 0.25) is 5.76 Å². The summed E-state index contributed by atoms with van der Waals surface area (Å²) in [5.74, 6) is 0.00506. The number of aromatic nitrogens is 1. The third kappa shape index (κ3) is 1.95. The molecule has 4 rings (SSSR count). The van der Waals surface area contributed by atoms with Crippen molar-refractivity contribution < 1.29 is 14.6 Å². The van der Waals surface area contributed by atoms with Crippen LogP contribution < -0.4 is 11.1 Å². The van der Waals surface area contributed by atoms with Crippen molar-refractivity contribution in [2.75, 3.05) is 0 Å². The zero-order valence-electron chi connectivity index (χ0n) is 13.1. The molecule has 0 aliphatic rings. The Morgan fingerprint density at radius 1 is 1.12 bits per heavy atom. The molecule has 0 unspecified atom stereocenters. The molecule has 0 spiro atoms. The van der Waals surface area contributed by atoms with Gasteiger partial charge in [0, 0.05) is 23.3 Å². The van der Waals surface area contributed by atoms with E-state index in [0.717, 1.165) is 21.9 Å². The van der Waals surface area contributed by atoms with E-state index in [9.17, 15) is 4.79 Å². The van der Waals surface area contributed by atoms with Gasteiger partial charge < -0.3 is 14.7 Å². The van der Waals surface area contributed by atoms with Crippen LogP contribution in [0.25, 0.3) is 21.9 Å². The number of rotatable bonds is 3. The summed E-state index contributed by atoms with van der Waals surface area (Å²) in [6.07, 6.45) is 0. The molecule has 5 nitrogen and oxygen atoms in total. The number of benzene rings is 2. The number of carbonyl (C=O) groups excluding carboxylic acids is 1. The monoisotopic (exact) mass is 318 g/mol. The maximum absolute atomic E-state index is 12.1. The lowest BCUT2D eigenvalue weighted by atomic mass is 10.1. The van der Waals surface area contributed by atoms with E-state index in [1.54, 1.807) is 0 Å². The standard InChI is InChI=1S/C19H15N3O2/c1-22-13-8-4-3-7-12(13)16(19(21)23)18(22)17(20)15-10-11-6-2-5-9-14(11)24-15/h2-10,20H,1H3,(H2,21,23)/p+1. The van der Waals surface area contributed by atoms with Crippen LogP contribution >= 0.6 is 0 Å². The van der Waals surface area contributed by atoms with Gasteiger partial charge in [-0.3, -0.25) is 4.79 Å². The van der Waals surface area contributed by atoms with Crippen molar-refractivity contribution in [3.05, 3.63) is 71.6 Å². The van der Waals surface area contributed by atoms with Gasteiger partial charge >= 0.3 is 0 Å². The van der Waals surface area contributed by atoms with E-state index >= 15 is 0 Å². The predicted octanol–water partition coefficient (Wildman–Crippen LogP) is 1.62. The van der Waals surface area contributed by atoms with Crippen LogP contribution in [0.3, 0.4) is 0 Å². The molecule has 5 heteroatoms. The van der Waals surface area contributed by atoms with E-state index < -0.39 is 5.91 Å². The van der Waals surface area contributed by atoms with Gasteiger partial charge in [-0.05, 0) is 18.2 Å². The Hall–Kier alpha value is -3.34. The van der Waals surface area contributed by atoms with Crippen LogP contribution in [-0.2, 0) is 7.05 Å². The zero-order valence-corrected chi connectivity index (χ0v) is 13.1. The van der Waals surface area contributed by atoms with Crippen molar-refractivity contribution in [1.82, 2.24) is 4.57 Å². The molecule has 0 atom stereocenters. The molecule has 4 aromatic rings. The van der Waals surface area contributed by atoms with Crippen molar-refractivity contribution in [2.24, 2.45) is 12.8 Å². The summed E-state index contributed by atoms with van der Waals surface area (Å²) in [6, 6.07) is 17.1. The van der Waals surface area contributed by atoms with Gasteiger partial charge in [-0.25, -0.2) is 5.41 Å². The number of aryl methyl sites for hydroxylation is 1. The predicted molar refractivity (Wildman–Crippen MR) is 92.8 cm³/mol. The smallest absolute Gasteiger partial charge is 0.264 e. The minimum atomic E-state index is -0.513. The molecule has 0 saturated heterocycles. The molecule has 2 aromatic heterocycles. The molecule has 2 aromatic carbocycles. The van der Waals surface area contributed by atoms with Crippen LogP contribution in [0.1, 0.15) is 21.8 Å². The summed E-state index contributed by atoms with van der Waals surface area (Å²) in [6.45, 7) is 0. The summed E-state index contributed by atoms with van der Waals surface area (Å²) in [5.41, 5.74) is 8.64. The SMILES string of the molecule is Cn1c(C(=[NH2+])c2cc3ccccc3o2)c(C(N)=O)c2ccccc21. The van der Waals surface area contributed by atoms with Gasteiger partial charge in [0.15, 0.2) is 0 Å². The molecule has 0 aliphatic heterocycles. The third-order valence-electron chi connectivity index (χ3n) is 4.30. The Labute approximate surface area is 137 Å². The van der Waals surface area contributed by atoms with Crippen molar-refractivity contribution in [3.8, 4) is 0 Å². The second-order valence-corrected chi connectivity index (χ2v) is 5.73. The fourth-order valence-electron chi connectivity index (χ4n) is 3.19. The maximum atomic E-state index is 12.1. The van der Waals surface area contributed by atoms with Gasteiger partial charge in [0.25, 0.3) is 11.6 Å². The minimum Gasteiger partial charge on any atom is -0.450 e. The number of nitrogens with zero attached hydrogens (tertiary/aromatic N) is 1. The van der Waals surface area contributed by atoms with Crippen LogP contribution in [0.15, 0.2) is 59.0 Å². The highest BCUT2D eigenvalue weighted by atomic mass is 16.3. The summed E-state index contributed by atoms with van der Waals surface area (Å²) < 4.78 is 7.72. The molecule has 118 valence electrons. The first kappa shape index (κ1) is 14.3. The number of primary amides is 1. The van der Waals surface area contributed by atoms with E-state index in [1.165, 1.54) is 0 Å². The number of hydrogen-bond donors (Lipinski definition) is 2. The van der Waals surface area contributed by atoms with Crippen LogP contribution in [0.5, 0.6) is 0 Å². The topological polar surface area (TPSA) is 86.8 Å². The normalized spacial score (nSPS) is 11.2. The lowest BCUT2D eigenvalue weighted by molar-refractivity contribution is -0.113. The quantitative estimate of drug-likeness (QED) is 0.562. The van der Waals surface area contributed by atoms with E-state index in [4.69, 9.17) is 15.6 Å². The highest BCUT2D eigenvalue weighted by molar-refractivity contribution is 6.20. The lowest BCUT2D eigenvalue weighted by Gasteiger charge is -2.02. The Balaban J connectivity index is 1.98. The highest BCUT2D eigenvalue weighted by Gasteiger charge is 2.28. The molecule has 0 saturated carbocycles.